The van der Waals surface area contributed by atoms with E-state index in [2.05, 4.69) is 25.3 Å². The number of anilines is 1. The van der Waals surface area contributed by atoms with E-state index < -0.39 is 18.0 Å². The van der Waals surface area contributed by atoms with Crippen molar-refractivity contribution >= 4 is 29.6 Å². The number of nitrogens with one attached hydrogen (secondary N) is 1. The van der Waals surface area contributed by atoms with Crippen LogP contribution in [0.25, 0.3) is 17.1 Å². The summed E-state index contributed by atoms with van der Waals surface area (Å²) in [5.74, 6) is 0.0740. The largest absolute Gasteiger partial charge is 0.499 e. The molecule has 0 bridgehead atoms. The molecular weight excluding hydrogens is 579 g/mol. The van der Waals surface area contributed by atoms with Crippen molar-refractivity contribution in [3.8, 4) is 22.8 Å². The van der Waals surface area contributed by atoms with Crippen molar-refractivity contribution in [2.24, 2.45) is 5.10 Å². The molecule has 4 aromatic rings. The maximum atomic E-state index is 13.1. The zero-order chi connectivity index (χ0) is 30.1. The quantitative estimate of drug-likeness (QED) is 0.150. The van der Waals surface area contributed by atoms with Crippen LogP contribution in [0.4, 0.5) is 27.6 Å². The Bertz CT molecular complexity index is 1590. The molecule has 1 atom stereocenters. The number of carbonyl (C=O) groups is 1. The van der Waals surface area contributed by atoms with E-state index >= 15 is 0 Å². The Morgan fingerprint density at radius 2 is 1.67 bits per heavy atom. The highest BCUT2D eigenvalue weighted by Gasteiger charge is 2.61. The average molecular weight is 603 g/mol. The second-order valence-corrected chi connectivity index (χ2v) is 10.4. The first-order chi connectivity index (χ1) is 19.9. The molecule has 0 saturated carbocycles. The number of hydrogen-bond donors (Lipinski definition) is 1. The van der Waals surface area contributed by atoms with Gasteiger partial charge in [-0.05, 0) is 54.8 Å². The predicted octanol–water partition coefficient (Wildman–Crippen LogP) is 6.07. The van der Waals surface area contributed by atoms with E-state index in [0.29, 0.717) is 22.8 Å². The van der Waals surface area contributed by atoms with Gasteiger partial charge < -0.3 is 4.74 Å². The monoisotopic (exact) mass is 602 g/mol. The van der Waals surface area contributed by atoms with Crippen molar-refractivity contribution < 1.29 is 31.5 Å². The van der Waals surface area contributed by atoms with Crippen LogP contribution in [0.15, 0.2) is 78.2 Å². The lowest BCUT2D eigenvalue weighted by Crippen LogP contribution is -2.41. The molecule has 1 saturated heterocycles. The molecule has 1 unspecified atom stereocenters. The van der Waals surface area contributed by atoms with Crippen molar-refractivity contribution in [1.29, 1.82) is 0 Å². The molecule has 0 radical (unpaired) electrons. The van der Waals surface area contributed by atoms with Gasteiger partial charge in [-0.1, -0.05) is 42.5 Å². The highest BCUT2D eigenvalue weighted by Crippen LogP contribution is 2.37. The molecule has 2 heterocycles. The van der Waals surface area contributed by atoms with Crippen LogP contribution in [0.2, 0.25) is 0 Å². The van der Waals surface area contributed by atoms with Gasteiger partial charge >= 0.3 is 12.3 Å². The van der Waals surface area contributed by atoms with Crippen LogP contribution in [0.3, 0.4) is 0 Å². The van der Waals surface area contributed by atoms with E-state index in [1.54, 1.807) is 23.2 Å². The summed E-state index contributed by atoms with van der Waals surface area (Å²) in [6.07, 6.45) is -8.12. The number of carbonyl (C=O) groups excluding carboxylic acids is 1. The van der Waals surface area contributed by atoms with Gasteiger partial charge in [0, 0.05) is 5.56 Å². The smallest absolute Gasteiger partial charge is 0.426 e. The van der Waals surface area contributed by atoms with Gasteiger partial charge in [0.15, 0.2) is 11.3 Å². The molecule has 1 amide bonds. The van der Waals surface area contributed by atoms with Gasteiger partial charge in [-0.15, -0.1) is 16.9 Å². The van der Waals surface area contributed by atoms with Gasteiger partial charge in [0.05, 0.1) is 23.3 Å². The molecular formula is C28H23F5N6O2S. The first-order valence-electron chi connectivity index (χ1n) is 12.5. The summed E-state index contributed by atoms with van der Waals surface area (Å²) in [5.41, 5.74) is 7.44. The number of ether oxygens (including phenoxy) is 1. The lowest BCUT2D eigenvalue weighted by atomic mass is 10.1. The van der Waals surface area contributed by atoms with Gasteiger partial charge in [-0.25, -0.2) is 9.67 Å². The van der Waals surface area contributed by atoms with Gasteiger partial charge in [0.2, 0.25) is 5.91 Å². The standard InChI is InChI=1S/C28H23F5N6O2S/c1-17-4-3-5-18(2)24(17)39-23(40)15-42-26(39)36-35-14-19-6-8-20(9-7-19)25-34-16-38(37-25)21-10-12-22(13-11-21)41-28(32,33)27(29,30)31/h3-14,16,26,36H,15H2,1-2H3/b35-14+. The number of amides is 1. The minimum atomic E-state index is -5.83. The van der Waals surface area contributed by atoms with Crippen LogP contribution in [0, 0.1) is 13.8 Å². The number of alkyl halides is 5. The number of thioether (sulfide) groups is 1. The van der Waals surface area contributed by atoms with Crippen LogP contribution in [0.1, 0.15) is 16.7 Å². The molecule has 1 aliphatic rings. The summed E-state index contributed by atoms with van der Waals surface area (Å²) in [6.45, 7) is 3.94. The van der Waals surface area contributed by atoms with E-state index in [1.807, 2.05) is 44.2 Å². The predicted molar refractivity (Wildman–Crippen MR) is 149 cm³/mol. The number of halogens is 5. The van der Waals surface area contributed by atoms with Crippen molar-refractivity contribution in [1.82, 2.24) is 20.2 Å². The Hall–Kier alpha value is -4.46. The van der Waals surface area contributed by atoms with Crippen LogP contribution in [-0.2, 0) is 4.79 Å². The topological polar surface area (TPSA) is 84.6 Å². The number of rotatable bonds is 8. The number of hydrazone groups is 1. The number of para-hydroxylation sites is 1. The lowest BCUT2D eigenvalue weighted by molar-refractivity contribution is -0.360. The lowest BCUT2D eigenvalue weighted by Gasteiger charge is -2.26. The van der Waals surface area contributed by atoms with Gasteiger partial charge in [0.1, 0.15) is 12.1 Å². The second kappa shape index (κ2) is 11.4. The average Bonchev–Trinajstić information content (AvgIpc) is 3.56. The van der Waals surface area contributed by atoms with Crippen molar-refractivity contribution in [2.75, 3.05) is 10.7 Å². The summed E-state index contributed by atoms with van der Waals surface area (Å²) >= 11 is 1.46. The van der Waals surface area contributed by atoms with Crippen molar-refractivity contribution in [3.63, 3.8) is 0 Å². The Labute approximate surface area is 241 Å². The number of nitrogens with zero attached hydrogens (tertiary/aromatic N) is 5. The Kier molecular flexibility index (Phi) is 7.91. The Balaban J connectivity index is 1.22. The summed E-state index contributed by atoms with van der Waals surface area (Å²) in [4.78, 5) is 18.6. The SMILES string of the molecule is Cc1cccc(C)c1N1C(=O)CSC1N/N=C/c1ccc(-c2ncn(-c3ccc(OC(F)(F)C(F)(F)F)cc3)n2)cc1. The first kappa shape index (κ1) is 29.0. The Morgan fingerprint density at radius 1 is 1.00 bits per heavy atom. The summed E-state index contributed by atoms with van der Waals surface area (Å²) in [7, 11) is 0. The fourth-order valence-corrected chi connectivity index (χ4v) is 5.18. The number of aryl methyl sites for hydroxylation is 2. The second-order valence-electron chi connectivity index (χ2n) is 9.30. The molecule has 42 heavy (non-hydrogen) atoms. The molecule has 0 spiro atoms. The van der Waals surface area contributed by atoms with Gasteiger partial charge in [0.25, 0.3) is 0 Å². The van der Waals surface area contributed by atoms with Crippen LogP contribution < -0.4 is 15.1 Å². The summed E-state index contributed by atoms with van der Waals surface area (Å²) < 4.78 is 68.5. The highest BCUT2D eigenvalue weighted by atomic mass is 32.2. The van der Waals surface area contributed by atoms with Crippen LogP contribution in [0.5, 0.6) is 5.75 Å². The molecule has 3 aromatic carbocycles. The zero-order valence-electron chi connectivity index (χ0n) is 22.1. The zero-order valence-corrected chi connectivity index (χ0v) is 23.0. The molecule has 1 aromatic heterocycles. The van der Waals surface area contributed by atoms with Gasteiger partial charge in [-0.2, -0.15) is 27.1 Å². The van der Waals surface area contributed by atoms with E-state index in [4.69, 9.17) is 0 Å². The molecule has 8 nitrogen and oxygen atoms in total. The fourth-order valence-electron chi connectivity index (χ4n) is 4.23. The highest BCUT2D eigenvalue weighted by molar-refractivity contribution is 8.01. The number of benzene rings is 3. The number of hydrogen-bond acceptors (Lipinski definition) is 7. The molecule has 218 valence electrons. The summed E-state index contributed by atoms with van der Waals surface area (Å²) in [6, 6.07) is 17.6. The minimum absolute atomic E-state index is 0.00803. The molecule has 1 aliphatic heterocycles. The maximum Gasteiger partial charge on any atom is 0.499 e. The van der Waals surface area contributed by atoms with Gasteiger partial charge in [-0.3, -0.25) is 15.1 Å². The molecule has 0 aliphatic carbocycles. The molecule has 1 N–H and O–H groups in total. The molecule has 5 rings (SSSR count). The van der Waals surface area contributed by atoms with Crippen molar-refractivity contribution in [2.45, 2.75) is 31.6 Å². The third-order valence-electron chi connectivity index (χ3n) is 6.28. The van der Waals surface area contributed by atoms with E-state index in [9.17, 15) is 26.7 Å². The van der Waals surface area contributed by atoms with E-state index in [-0.39, 0.29) is 11.4 Å². The number of aromatic nitrogens is 3. The van der Waals surface area contributed by atoms with Crippen molar-refractivity contribution in [3.05, 3.63) is 89.7 Å². The minimum Gasteiger partial charge on any atom is -0.426 e. The third-order valence-corrected chi connectivity index (χ3v) is 7.33. The fraction of sp³-hybridized carbons (Fsp3) is 0.214. The van der Waals surface area contributed by atoms with E-state index in [0.717, 1.165) is 34.5 Å². The summed E-state index contributed by atoms with van der Waals surface area (Å²) in [5, 5.41) is 8.68. The first-order valence-corrected chi connectivity index (χ1v) is 13.5. The van der Waals surface area contributed by atoms with E-state index in [1.165, 1.54) is 34.9 Å². The van der Waals surface area contributed by atoms with Crippen LogP contribution >= 0.6 is 11.8 Å². The molecule has 1 fully saturated rings. The maximum absolute atomic E-state index is 13.1. The van der Waals surface area contributed by atoms with Crippen LogP contribution in [-0.4, -0.2) is 50.4 Å². The molecule has 14 heteroatoms. The normalized spacial score (nSPS) is 15.9. The third kappa shape index (κ3) is 6.08. The Morgan fingerprint density at radius 3 is 2.31 bits per heavy atom.